The minimum Gasteiger partial charge on any atom is -0.478 e. The first kappa shape index (κ1) is 14.3. The lowest BCUT2D eigenvalue weighted by Crippen LogP contribution is -2.12. The fraction of sp³-hybridized carbons (Fsp3) is 0.615. The van der Waals surface area contributed by atoms with Crippen LogP contribution in [-0.4, -0.2) is 18.6 Å². The molecule has 0 saturated heterocycles. The summed E-state index contributed by atoms with van der Waals surface area (Å²) in [5, 5.41) is 3.70. The first-order chi connectivity index (χ1) is 7.92. The largest absolute Gasteiger partial charge is 0.478 e. The van der Waals surface area contributed by atoms with Crippen LogP contribution in [0.4, 0.5) is 0 Å². The molecule has 0 fully saturated rings. The van der Waals surface area contributed by atoms with Crippen molar-refractivity contribution >= 4 is 11.6 Å². The van der Waals surface area contributed by atoms with E-state index in [9.17, 15) is 0 Å². The molecular formula is C13H21ClN2O. The molecule has 0 unspecified atom stereocenters. The predicted molar refractivity (Wildman–Crippen MR) is 71.6 cm³/mol. The van der Waals surface area contributed by atoms with Gasteiger partial charge in [-0.15, -0.1) is 0 Å². The highest BCUT2D eigenvalue weighted by molar-refractivity contribution is 6.31. The van der Waals surface area contributed by atoms with E-state index < -0.39 is 0 Å². The number of hydrogen-bond acceptors (Lipinski definition) is 3. The Morgan fingerprint density at radius 1 is 1.35 bits per heavy atom. The van der Waals surface area contributed by atoms with Gasteiger partial charge >= 0.3 is 0 Å². The standard InChI is InChI=1S/C13H21ClN2O/c1-13(2,3)7-8-17-12-6-5-10(14)11(16-12)9-15-4/h5-6,15H,7-9H2,1-4H3. The van der Waals surface area contributed by atoms with Crippen LogP contribution in [0.15, 0.2) is 12.1 Å². The topological polar surface area (TPSA) is 34.2 Å². The van der Waals surface area contributed by atoms with Gasteiger partial charge in [0.2, 0.25) is 5.88 Å². The summed E-state index contributed by atoms with van der Waals surface area (Å²) in [4.78, 5) is 4.36. The fourth-order valence-corrected chi connectivity index (χ4v) is 1.47. The van der Waals surface area contributed by atoms with Crippen LogP contribution in [0.25, 0.3) is 0 Å². The second-order valence-corrected chi connectivity index (χ2v) is 5.67. The van der Waals surface area contributed by atoms with E-state index >= 15 is 0 Å². The summed E-state index contributed by atoms with van der Waals surface area (Å²) in [5.74, 6) is 0.643. The minimum absolute atomic E-state index is 0.278. The van der Waals surface area contributed by atoms with Crippen LogP contribution >= 0.6 is 11.6 Å². The Balaban J connectivity index is 2.57. The number of hydrogen-bond donors (Lipinski definition) is 1. The number of aromatic nitrogens is 1. The summed E-state index contributed by atoms with van der Waals surface area (Å²) in [6, 6.07) is 3.64. The van der Waals surface area contributed by atoms with Gasteiger partial charge in [-0.05, 0) is 24.9 Å². The van der Waals surface area contributed by atoms with Crippen molar-refractivity contribution in [3.8, 4) is 5.88 Å². The van der Waals surface area contributed by atoms with Gasteiger partial charge in [-0.3, -0.25) is 0 Å². The first-order valence-corrected chi connectivity index (χ1v) is 6.23. The van der Waals surface area contributed by atoms with Crippen molar-refractivity contribution in [2.24, 2.45) is 5.41 Å². The van der Waals surface area contributed by atoms with Crippen LogP contribution < -0.4 is 10.1 Å². The fourth-order valence-electron chi connectivity index (χ4n) is 1.30. The molecule has 1 N–H and O–H groups in total. The van der Waals surface area contributed by atoms with Crippen molar-refractivity contribution in [1.29, 1.82) is 0 Å². The lowest BCUT2D eigenvalue weighted by atomic mass is 9.93. The molecule has 0 aliphatic heterocycles. The molecule has 0 atom stereocenters. The van der Waals surface area contributed by atoms with Gasteiger partial charge in [-0.1, -0.05) is 32.4 Å². The van der Waals surface area contributed by atoms with E-state index in [2.05, 4.69) is 31.1 Å². The smallest absolute Gasteiger partial charge is 0.213 e. The van der Waals surface area contributed by atoms with Gasteiger partial charge in [0, 0.05) is 12.6 Å². The molecule has 0 spiro atoms. The van der Waals surface area contributed by atoms with Crippen LogP contribution in [0.5, 0.6) is 5.88 Å². The van der Waals surface area contributed by atoms with E-state index in [1.165, 1.54) is 0 Å². The zero-order chi connectivity index (χ0) is 12.9. The van der Waals surface area contributed by atoms with Gasteiger partial charge in [0.25, 0.3) is 0 Å². The van der Waals surface area contributed by atoms with Crippen LogP contribution in [0, 0.1) is 5.41 Å². The van der Waals surface area contributed by atoms with Crippen molar-refractivity contribution in [2.45, 2.75) is 33.7 Å². The Hall–Kier alpha value is -0.800. The van der Waals surface area contributed by atoms with Crippen LogP contribution in [0.2, 0.25) is 5.02 Å². The lowest BCUT2D eigenvalue weighted by Gasteiger charge is -2.18. The summed E-state index contributed by atoms with van der Waals surface area (Å²) in [7, 11) is 1.87. The molecule has 4 heteroatoms. The summed E-state index contributed by atoms with van der Waals surface area (Å²) in [6.45, 7) is 7.90. The Labute approximate surface area is 109 Å². The summed E-state index contributed by atoms with van der Waals surface area (Å²) in [5.41, 5.74) is 1.10. The maximum Gasteiger partial charge on any atom is 0.213 e. The van der Waals surface area contributed by atoms with Crippen molar-refractivity contribution in [2.75, 3.05) is 13.7 Å². The molecular weight excluding hydrogens is 236 g/mol. The highest BCUT2D eigenvalue weighted by atomic mass is 35.5. The third-order valence-electron chi connectivity index (χ3n) is 2.34. The van der Waals surface area contributed by atoms with Crippen molar-refractivity contribution in [3.63, 3.8) is 0 Å². The quantitative estimate of drug-likeness (QED) is 0.878. The average molecular weight is 257 g/mol. The van der Waals surface area contributed by atoms with E-state index in [0.717, 1.165) is 12.1 Å². The van der Waals surface area contributed by atoms with E-state index in [1.807, 2.05) is 19.2 Å². The second kappa shape index (κ2) is 6.22. The molecule has 1 rings (SSSR count). The molecule has 0 radical (unpaired) electrons. The van der Waals surface area contributed by atoms with Gasteiger partial charge in [-0.25, -0.2) is 4.98 Å². The molecule has 96 valence electrons. The SMILES string of the molecule is CNCc1nc(OCCC(C)(C)C)ccc1Cl. The Morgan fingerprint density at radius 3 is 2.65 bits per heavy atom. The number of pyridine rings is 1. The van der Waals surface area contributed by atoms with E-state index in [4.69, 9.17) is 16.3 Å². The van der Waals surface area contributed by atoms with Gasteiger partial charge in [0.15, 0.2) is 0 Å². The summed E-state index contributed by atoms with van der Waals surface area (Å²) < 4.78 is 5.63. The Bertz CT molecular complexity index is 361. The zero-order valence-corrected chi connectivity index (χ0v) is 11.8. The molecule has 0 aliphatic rings. The zero-order valence-electron chi connectivity index (χ0n) is 11.0. The molecule has 0 amide bonds. The first-order valence-electron chi connectivity index (χ1n) is 5.85. The van der Waals surface area contributed by atoms with Gasteiger partial charge in [0.05, 0.1) is 17.3 Å². The molecule has 1 heterocycles. The van der Waals surface area contributed by atoms with Crippen LogP contribution in [0.3, 0.4) is 0 Å². The molecule has 0 aliphatic carbocycles. The number of ether oxygens (including phenoxy) is 1. The molecule has 3 nitrogen and oxygen atoms in total. The number of rotatable bonds is 5. The maximum absolute atomic E-state index is 6.02. The van der Waals surface area contributed by atoms with Gasteiger partial charge in [0.1, 0.15) is 0 Å². The van der Waals surface area contributed by atoms with Crippen molar-refractivity contribution in [3.05, 3.63) is 22.8 Å². The van der Waals surface area contributed by atoms with Crippen LogP contribution in [0.1, 0.15) is 32.9 Å². The highest BCUT2D eigenvalue weighted by Gasteiger charge is 2.10. The molecule has 0 aromatic carbocycles. The van der Waals surface area contributed by atoms with E-state index in [0.29, 0.717) is 24.1 Å². The van der Waals surface area contributed by atoms with Crippen molar-refractivity contribution < 1.29 is 4.74 Å². The normalized spacial score (nSPS) is 11.6. The number of halogens is 1. The third-order valence-corrected chi connectivity index (χ3v) is 2.68. The Morgan fingerprint density at radius 2 is 2.06 bits per heavy atom. The monoisotopic (exact) mass is 256 g/mol. The number of nitrogens with zero attached hydrogens (tertiary/aromatic N) is 1. The molecule has 17 heavy (non-hydrogen) atoms. The van der Waals surface area contributed by atoms with Crippen LogP contribution in [-0.2, 0) is 6.54 Å². The van der Waals surface area contributed by atoms with E-state index in [1.54, 1.807) is 0 Å². The van der Waals surface area contributed by atoms with Crippen molar-refractivity contribution in [1.82, 2.24) is 10.3 Å². The maximum atomic E-state index is 6.02. The lowest BCUT2D eigenvalue weighted by molar-refractivity contribution is 0.236. The third kappa shape index (κ3) is 5.37. The average Bonchev–Trinajstić information content (AvgIpc) is 2.21. The van der Waals surface area contributed by atoms with Gasteiger partial charge in [-0.2, -0.15) is 0 Å². The summed E-state index contributed by atoms with van der Waals surface area (Å²) in [6.07, 6.45) is 0.999. The molecule has 0 saturated carbocycles. The predicted octanol–water partition coefficient (Wildman–Crippen LogP) is 3.27. The molecule has 1 aromatic heterocycles. The number of nitrogens with one attached hydrogen (secondary N) is 1. The second-order valence-electron chi connectivity index (χ2n) is 5.27. The minimum atomic E-state index is 0.278. The molecule has 0 bridgehead atoms. The van der Waals surface area contributed by atoms with E-state index in [-0.39, 0.29) is 5.41 Å². The molecule has 1 aromatic rings. The highest BCUT2D eigenvalue weighted by Crippen LogP contribution is 2.21. The summed E-state index contributed by atoms with van der Waals surface area (Å²) >= 11 is 6.02. The van der Waals surface area contributed by atoms with Gasteiger partial charge < -0.3 is 10.1 Å². The Kier molecular flexibility index (Phi) is 5.22.